The molecule has 0 aliphatic heterocycles. The number of rotatable bonds is 1. The molecule has 3 rings (SSSR count). The van der Waals surface area contributed by atoms with Gasteiger partial charge in [0, 0.05) is 17.7 Å². The highest BCUT2D eigenvalue weighted by atomic mass is 15.0. The van der Waals surface area contributed by atoms with E-state index in [1.807, 2.05) is 6.07 Å². The zero-order chi connectivity index (χ0) is 10.1. The molecule has 72 valence electrons. The Morgan fingerprint density at radius 3 is 2.53 bits per heavy atom. The highest BCUT2D eigenvalue weighted by Gasteiger charge is 2.23. The quantitative estimate of drug-likeness (QED) is 0.614. The first-order valence-electron chi connectivity index (χ1n) is 5.18. The number of nitrogens with zero attached hydrogens (tertiary/aromatic N) is 1. The first-order valence-corrected chi connectivity index (χ1v) is 5.18. The lowest BCUT2D eigenvalue weighted by Gasteiger charge is -2.05. The van der Waals surface area contributed by atoms with Crippen LogP contribution in [0, 0.1) is 0 Å². The average molecular weight is 194 g/mol. The molecule has 0 saturated carbocycles. The van der Waals surface area contributed by atoms with Crippen LogP contribution in [0.5, 0.6) is 0 Å². The van der Waals surface area contributed by atoms with Crippen LogP contribution in [0.1, 0.15) is 17.2 Å². The summed E-state index contributed by atoms with van der Waals surface area (Å²) in [6, 6.07) is 15.1. The van der Waals surface area contributed by atoms with Gasteiger partial charge < -0.3 is 0 Å². The van der Waals surface area contributed by atoms with Crippen molar-refractivity contribution in [3.8, 4) is 0 Å². The van der Waals surface area contributed by atoms with Crippen LogP contribution in [-0.4, -0.2) is 0 Å². The van der Waals surface area contributed by atoms with E-state index in [-0.39, 0.29) is 0 Å². The lowest BCUT2D eigenvalue weighted by Crippen LogP contribution is -2.37. The summed E-state index contributed by atoms with van der Waals surface area (Å²) in [6.07, 6.45) is 8.65. The number of allylic oxidation sites excluding steroid dienone is 1. The highest BCUT2D eigenvalue weighted by molar-refractivity contribution is 5.61. The van der Waals surface area contributed by atoms with E-state index in [4.69, 9.17) is 0 Å². The summed E-state index contributed by atoms with van der Waals surface area (Å²) in [5.74, 6) is 0. The van der Waals surface area contributed by atoms with E-state index in [9.17, 15) is 0 Å². The van der Waals surface area contributed by atoms with Gasteiger partial charge >= 0.3 is 0 Å². The second-order valence-electron chi connectivity index (χ2n) is 3.76. The van der Waals surface area contributed by atoms with E-state index in [0.717, 1.165) is 0 Å². The van der Waals surface area contributed by atoms with Crippen molar-refractivity contribution in [1.82, 2.24) is 0 Å². The highest BCUT2D eigenvalue weighted by Crippen LogP contribution is 2.26. The molecule has 15 heavy (non-hydrogen) atoms. The van der Waals surface area contributed by atoms with Crippen molar-refractivity contribution in [2.45, 2.75) is 6.04 Å². The average Bonchev–Trinajstić information content (AvgIpc) is 2.74. The van der Waals surface area contributed by atoms with Crippen molar-refractivity contribution in [2.24, 2.45) is 0 Å². The van der Waals surface area contributed by atoms with Crippen LogP contribution >= 0.6 is 0 Å². The normalized spacial score (nSPS) is 17.7. The Balaban J connectivity index is 2.09. The Labute approximate surface area is 89.3 Å². The fourth-order valence-corrected chi connectivity index (χ4v) is 2.09. The van der Waals surface area contributed by atoms with E-state index < -0.39 is 0 Å². The number of benzene rings is 1. The molecule has 2 aromatic rings. The molecule has 1 heterocycles. The summed E-state index contributed by atoms with van der Waals surface area (Å²) in [4.78, 5) is 0. The fourth-order valence-electron chi connectivity index (χ4n) is 2.09. The summed E-state index contributed by atoms with van der Waals surface area (Å²) < 4.78 is 2.22. The Morgan fingerprint density at radius 2 is 1.67 bits per heavy atom. The zero-order valence-corrected chi connectivity index (χ0v) is 8.38. The molecule has 1 unspecified atom stereocenters. The van der Waals surface area contributed by atoms with E-state index in [0.29, 0.717) is 6.04 Å². The largest absolute Gasteiger partial charge is 0.202 e. The molecule has 1 aliphatic rings. The number of aromatic nitrogens is 1. The van der Waals surface area contributed by atoms with Gasteiger partial charge in [-0.15, -0.1) is 0 Å². The predicted molar refractivity (Wildman–Crippen MR) is 60.3 cm³/mol. The molecule has 0 saturated heterocycles. The third-order valence-corrected chi connectivity index (χ3v) is 2.83. The summed E-state index contributed by atoms with van der Waals surface area (Å²) in [5.41, 5.74) is 2.72. The van der Waals surface area contributed by atoms with Gasteiger partial charge in [-0.1, -0.05) is 36.4 Å². The van der Waals surface area contributed by atoms with Crippen LogP contribution in [-0.2, 0) is 0 Å². The van der Waals surface area contributed by atoms with Crippen LogP contribution in [0.15, 0.2) is 60.9 Å². The maximum Gasteiger partial charge on any atom is 0.202 e. The fraction of sp³-hybridized carbons (Fsp3) is 0.0714. The number of fused-ring (bicyclic) bond motifs is 1. The van der Waals surface area contributed by atoms with Gasteiger partial charge in [-0.3, -0.25) is 0 Å². The van der Waals surface area contributed by atoms with Gasteiger partial charge in [-0.25, -0.2) is 0 Å². The second-order valence-corrected chi connectivity index (χ2v) is 3.76. The summed E-state index contributed by atoms with van der Waals surface area (Å²) in [7, 11) is 0. The minimum Gasteiger partial charge on any atom is -0.194 e. The number of hydrogen-bond donors (Lipinski definition) is 0. The minimum atomic E-state index is 0.363. The molecule has 1 atom stereocenters. The van der Waals surface area contributed by atoms with Gasteiger partial charge in [-0.2, -0.15) is 4.57 Å². The molecule has 1 aromatic heterocycles. The monoisotopic (exact) mass is 194 g/mol. The molecule has 0 fully saturated rings. The third-order valence-electron chi connectivity index (χ3n) is 2.83. The van der Waals surface area contributed by atoms with Gasteiger partial charge in [0.05, 0.1) is 0 Å². The topological polar surface area (TPSA) is 3.88 Å². The molecule has 0 N–H and O–H groups in total. The Morgan fingerprint density at radius 1 is 0.867 bits per heavy atom. The molecular weight excluding hydrogens is 182 g/mol. The molecule has 1 nitrogen and oxygen atoms in total. The zero-order valence-electron chi connectivity index (χ0n) is 8.38. The van der Waals surface area contributed by atoms with Crippen molar-refractivity contribution >= 4 is 6.08 Å². The van der Waals surface area contributed by atoms with Gasteiger partial charge in [0.15, 0.2) is 12.4 Å². The van der Waals surface area contributed by atoms with Crippen molar-refractivity contribution in [3.05, 3.63) is 72.1 Å². The van der Waals surface area contributed by atoms with Crippen molar-refractivity contribution in [1.29, 1.82) is 0 Å². The van der Waals surface area contributed by atoms with Crippen molar-refractivity contribution < 1.29 is 4.57 Å². The number of hydrogen-bond acceptors (Lipinski definition) is 0. The van der Waals surface area contributed by atoms with E-state index >= 15 is 0 Å². The van der Waals surface area contributed by atoms with Gasteiger partial charge in [0.2, 0.25) is 6.04 Å². The molecule has 0 spiro atoms. The molecule has 0 bridgehead atoms. The standard InChI is InChI=1S/C14H12N/c1-4-10-15(11-5-1)14-9-8-12-6-2-3-7-13(12)14/h1-11,14H/q+1. The van der Waals surface area contributed by atoms with E-state index in [1.165, 1.54) is 11.1 Å². The van der Waals surface area contributed by atoms with Crippen LogP contribution in [0.25, 0.3) is 6.08 Å². The van der Waals surface area contributed by atoms with Gasteiger partial charge in [-0.05, 0) is 11.6 Å². The smallest absolute Gasteiger partial charge is 0.194 e. The Kier molecular flexibility index (Phi) is 1.88. The Bertz CT molecular complexity index is 500. The minimum absolute atomic E-state index is 0.363. The lowest BCUT2D eigenvalue weighted by atomic mass is 10.1. The molecular formula is C14H12N+. The summed E-state index contributed by atoms with van der Waals surface area (Å²) >= 11 is 0. The Hall–Kier alpha value is -1.89. The second kappa shape index (κ2) is 3.35. The molecule has 1 heteroatoms. The van der Waals surface area contributed by atoms with Crippen molar-refractivity contribution in [2.75, 3.05) is 0 Å². The van der Waals surface area contributed by atoms with Crippen LogP contribution in [0.3, 0.4) is 0 Å². The first-order chi connectivity index (χ1) is 7.45. The summed E-state index contributed by atoms with van der Waals surface area (Å²) in [6.45, 7) is 0. The first kappa shape index (κ1) is 8.42. The maximum atomic E-state index is 2.24. The van der Waals surface area contributed by atoms with E-state index in [1.54, 1.807) is 0 Å². The maximum absolute atomic E-state index is 2.24. The SMILES string of the molecule is C1=CC([n+]2ccccc2)c2ccccc21. The molecule has 1 aliphatic carbocycles. The molecule has 1 aromatic carbocycles. The van der Waals surface area contributed by atoms with Crippen molar-refractivity contribution in [3.63, 3.8) is 0 Å². The summed E-state index contributed by atoms with van der Waals surface area (Å²) in [5, 5.41) is 0. The van der Waals surface area contributed by atoms with Crippen LogP contribution < -0.4 is 4.57 Å². The molecule has 0 amide bonds. The third kappa shape index (κ3) is 1.37. The van der Waals surface area contributed by atoms with E-state index in [2.05, 4.69) is 65.5 Å². The van der Waals surface area contributed by atoms with Crippen LogP contribution in [0.4, 0.5) is 0 Å². The van der Waals surface area contributed by atoms with Crippen LogP contribution in [0.2, 0.25) is 0 Å². The van der Waals surface area contributed by atoms with Gasteiger partial charge in [0.1, 0.15) is 0 Å². The van der Waals surface area contributed by atoms with Gasteiger partial charge in [0.25, 0.3) is 0 Å². The predicted octanol–water partition coefficient (Wildman–Crippen LogP) is 2.59. The lowest BCUT2D eigenvalue weighted by molar-refractivity contribution is -0.702. The number of pyridine rings is 1. The molecule has 0 radical (unpaired) electrons.